The van der Waals surface area contributed by atoms with Crippen LogP contribution in [0.1, 0.15) is 43.7 Å². The lowest BCUT2D eigenvalue weighted by atomic mass is 9.98. The van der Waals surface area contributed by atoms with Crippen molar-refractivity contribution in [3.63, 3.8) is 0 Å². The van der Waals surface area contributed by atoms with Crippen molar-refractivity contribution in [3.8, 4) is 11.1 Å². The molecule has 8 nitrogen and oxygen atoms in total. The van der Waals surface area contributed by atoms with Crippen molar-refractivity contribution in [3.05, 3.63) is 59.7 Å². The van der Waals surface area contributed by atoms with Gasteiger partial charge in [0.2, 0.25) is 5.91 Å². The first-order valence-electron chi connectivity index (χ1n) is 11.5. The molecule has 0 saturated heterocycles. The lowest BCUT2D eigenvalue weighted by Gasteiger charge is -2.24. The standard InChI is InChI=1S/C26H32N2O6/c1-16(2)23(24(29)27-22(25(30)31)13-8-14-33-3)28-26(32)34-15-21-19-11-6-4-9-17(19)18-10-5-7-12-20(18)21/h4-7,9-12,16,21-23H,8,13-15H2,1-3H3,(H,27,29)(H,28,32)(H,30,31)/t22?,23-/m1/s1. The molecule has 2 atom stereocenters. The van der Waals surface area contributed by atoms with Crippen LogP contribution in [0.2, 0.25) is 0 Å². The van der Waals surface area contributed by atoms with Crippen molar-refractivity contribution in [2.45, 2.75) is 44.7 Å². The summed E-state index contributed by atoms with van der Waals surface area (Å²) in [5, 5.41) is 14.6. The normalized spacial score (nSPS) is 14.1. The van der Waals surface area contributed by atoms with Gasteiger partial charge in [-0.15, -0.1) is 0 Å². The number of ether oxygens (including phenoxy) is 2. The van der Waals surface area contributed by atoms with Gasteiger partial charge in [-0.2, -0.15) is 0 Å². The van der Waals surface area contributed by atoms with Crippen LogP contribution in [0, 0.1) is 5.92 Å². The molecular formula is C26H32N2O6. The first kappa shape index (κ1) is 25.2. The molecule has 34 heavy (non-hydrogen) atoms. The fraction of sp³-hybridized carbons (Fsp3) is 0.423. The number of carbonyl (C=O) groups is 3. The molecule has 2 amide bonds. The van der Waals surface area contributed by atoms with Gasteiger partial charge in [0, 0.05) is 19.6 Å². The van der Waals surface area contributed by atoms with E-state index in [1.165, 1.54) is 7.11 Å². The Morgan fingerprint density at radius 1 is 0.971 bits per heavy atom. The number of rotatable bonds is 11. The molecule has 0 bridgehead atoms. The first-order chi connectivity index (χ1) is 16.3. The van der Waals surface area contributed by atoms with E-state index in [9.17, 15) is 19.5 Å². The zero-order valence-corrected chi connectivity index (χ0v) is 19.7. The summed E-state index contributed by atoms with van der Waals surface area (Å²) in [5.74, 6) is -2.06. The third-order valence-corrected chi connectivity index (χ3v) is 6.02. The quantitative estimate of drug-likeness (QED) is 0.435. The molecule has 1 aliphatic carbocycles. The number of amides is 2. The molecule has 8 heteroatoms. The zero-order valence-electron chi connectivity index (χ0n) is 19.7. The summed E-state index contributed by atoms with van der Waals surface area (Å²) in [6.07, 6.45) is -0.00753. The van der Waals surface area contributed by atoms with E-state index in [2.05, 4.69) is 22.8 Å². The fourth-order valence-electron chi connectivity index (χ4n) is 4.25. The summed E-state index contributed by atoms with van der Waals surface area (Å²) in [4.78, 5) is 36.9. The summed E-state index contributed by atoms with van der Waals surface area (Å²) >= 11 is 0. The lowest BCUT2D eigenvalue weighted by Crippen LogP contribution is -2.53. The number of hydrogen-bond donors (Lipinski definition) is 3. The van der Waals surface area contributed by atoms with Crippen LogP contribution in [-0.2, 0) is 19.1 Å². The summed E-state index contributed by atoms with van der Waals surface area (Å²) in [6, 6.07) is 14.1. The Balaban J connectivity index is 1.62. The minimum Gasteiger partial charge on any atom is -0.480 e. The molecule has 1 aliphatic rings. The number of methoxy groups -OCH3 is 1. The van der Waals surface area contributed by atoms with Gasteiger partial charge in [-0.25, -0.2) is 9.59 Å². The van der Waals surface area contributed by atoms with E-state index in [-0.39, 0.29) is 24.9 Å². The van der Waals surface area contributed by atoms with Gasteiger partial charge in [-0.1, -0.05) is 62.4 Å². The fourth-order valence-corrected chi connectivity index (χ4v) is 4.25. The molecule has 0 heterocycles. The van der Waals surface area contributed by atoms with Gasteiger partial charge in [-0.05, 0) is 41.0 Å². The van der Waals surface area contributed by atoms with Crippen molar-refractivity contribution in [1.29, 1.82) is 0 Å². The van der Waals surface area contributed by atoms with Gasteiger partial charge in [0.15, 0.2) is 0 Å². The number of carboxylic acid groups (broad SMARTS) is 1. The summed E-state index contributed by atoms with van der Waals surface area (Å²) in [7, 11) is 1.53. The Labute approximate surface area is 199 Å². The summed E-state index contributed by atoms with van der Waals surface area (Å²) in [5.41, 5.74) is 4.43. The number of aliphatic carboxylic acids is 1. The molecule has 0 radical (unpaired) electrons. The van der Waals surface area contributed by atoms with Crippen LogP contribution in [-0.4, -0.2) is 55.5 Å². The molecule has 1 unspecified atom stereocenters. The number of benzene rings is 2. The highest BCUT2D eigenvalue weighted by Gasteiger charge is 2.31. The van der Waals surface area contributed by atoms with Gasteiger partial charge in [-0.3, -0.25) is 4.79 Å². The molecule has 3 rings (SSSR count). The molecular weight excluding hydrogens is 436 g/mol. The minimum absolute atomic E-state index is 0.0957. The van der Waals surface area contributed by atoms with Crippen molar-refractivity contribution >= 4 is 18.0 Å². The SMILES string of the molecule is COCCCC(NC(=O)[C@H](NC(=O)OCC1c2ccccc2-c2ccccc21)C(C)C)C(=O)O. The topological polar surface area (TPSA) is 114 Å². The predicted octanol–water partition coefficient (Wildman–Crippen LogP) is 3.55. The van der Waals surface area contributed by atoms with Crippen LogP contribution >= 0.6 is 0 Å². The Kier molecular flexibility index (Phi) is 8.65. The number of hydrogen-bond acceptors (Lipinski definition) is 5. The van der Waals surface area contributed by atoms with Crippen molar-refractivity contribution in [2.24, 2.45) is 5.92 Å². The number of fused-ring (bicyclic) bond motifs is 3. The monoisotopic (exact) mass is 468 g/mol. The number of alkyl carbamates (subject to hydrolysis) is 1. The Morgan fingerprint density at radius 3 is 2.09 bits per heavy atom. The number of nitrogens with one attached hydrogen (secondary N) is 2. The Hall–Kier alpha value is -3.39. The molecule has 2 aromatic rings. The van der Waals surface area contributed by atoms with E-state index in [1.54, 1.807) is 13.8 Å². The largest absolute Gasteiger partial charge is 0.480 e. The van der Waals surface area contributed by atoms with Crippen LogP contribution in [0.4, 0.5) is 4.79 Å². The molecule has 0 saturated carbocycles. The Bertz CT molecular complexity index is 976. The lowest BCUT2D eigenvalue weighted by molar-refractivity contribution is -0.142. The van der Waals surface area contributed by atoms with Crippen LogP contribution in [0.15, 0.2) is 48.5 Å². The molecule has 0 aromatic heterocycles. The molecule has 182 valence electrons. The van der Waals surface area contributed by atoms with E-state index in [1.807, 2.05) is 36.4 Å². The number of carboxylic acids is 1. The Morgan fingerprint density at radius 2 is 1.56 bits per heavy atom. The van der Waals surface area contributed by atoms with Gasteiger partial charge in [0.05, 0.1) is 0 Å². The van der Waals surface area contributed by atoms with Gasteiger partial charge < -0.3 is 25.2 Å². The van der Waals surface area contributed by atoms with E-state index in [0.717, 1.165) is 22.3 Å². The van der Waals surface area contributed by atoms with E-state index < -0.39 is 30.1 Å². The highest BCUT2D eigenvalue weighted by atomic mass is 16.5. The van der Waals surface area contributed by atoms with E-state index in [0.29, 0.717) is 13.0 Å². The highest BCUT2D eigenvalue weighted by molar-refractivity contribution is 5.89. The van der Waals surface area contributed by atoms with E-state index in [4.69, 9.17) is 9.47 Å². The summed E-state index contributed by atoms with van der Waals surface area (Å²) in [6.45, 7) is 4.07. The van der Waals surface area contributed by atoms with Crippen molar-refractivity contribution in [1.82, 2.24) is 10.6 Å². The maximum Gasteiger partial charge on any atom is 0.407 e. The molecule has 2 aromatic carbocycles. The second kappa shape index (κ2) is 11.7. The maximum absolute atomic E-state index is 12.8. The van der Waals surface area contributed by atoms with Crippen molar-refractivity contribution in [2.75, 3.05) is 20.3 Å². The predicted molar refractivity (Wildman–Crippen MR) is 128 cm³/mol. The van der Waals surface area contributed by atoms with Crippen LogP contribution in [0.5, 0.6) is 0 Å². The molecule has 3 N–H and O–H groups in total. The average Bonchev–Trinajstić information content (AvgIpc) is 3.14. The van der Waals surface area contributed by atoms with Gasteiger partial charge in [0.1, 0.15) is 18.7 Å². The zero-order chi connectivity index (χ0) is 24.7. The average molecular weight is 469 g/mol. The molecule has 0 aliphatic heterocycles. The summed E-state index contributed by atoms with van der Waals surface area (Å²) < 4.78 is 10.5. The smallest absolute Gasteiger partial charge is 0.407 e. The van der Waals surface area contributed by atoms with Crippen LogP contribution in [0.25, 0.3) is 11.1 Å². The van der Waals surface area contributed by atoms with Crippen LogP contribution < -0.4 is 10.6 Å². The molecule has 0 fully saturated rings. The second-order valence-electron chi connectivity index (χ2n) is 8.73. The highest BCUT2D eigenvalue weighted by Crippen LogP contribution is 2.44. The van der Waals surface area contributed by atoms with Gasteiger partial charge in [0.25, 0.3) is 0 Å². The maximum atomic E-state index is 12.8. The first-order valence-corrected chi connectivity index (χ1v) is 11.5. The third-order valence-electron chi connectivity index (χ3n) is 6.02. The van der Waals surface area contributed by atoms with Gasteiger partial charge >= 0.3 is 12.1 Å². The third kappa shape index (κ3) is 5.94. The van der Waals surface area contributed by atoms with Crippen molar-refractivity contribution < 1.29 is 29.0 Å². The van der Waals surface area contributed by atoms with Crippen LogP contribution in [0.3, 0.4) is 0 Å². The molecule has 0 spiro atoms. The second-order valence-corrected chi connectivity index (χ2v) is 8.73. The number of carbonyl (C=O) groups excluding carboxylic acids is 2. The minimum atomic E-state index is -1.13. The van der Waals surface area contributed by atoms with E-state index >= 15 is 0 Å².